The van der Waals surface area contributed by atoms with E-state index in [0.717, 1.165) is 10.6 Å². The number of furan rings is 1. The van der Waals surface area contributed by atoms with Crippen molar-refractivity contribution in [3.8, 4) is 22.5 Å². The van der Waals surface area contributed by atoms with Gasteiger partial charge in [-0.1, -0.05) is 18.2 Å². The van der Waals surface area contributed by atoms with Gasteiger partial charge in [-0.15, -0.1) is 0 Å². The molecule has 5 aromatic rings. The molecule has 0 unspecified atom stereocenters. The molecule has 0 spiro atoms. The van der Waals surface area contributed by atoms with Gasteiger partial charge in [0.1, 0.15) is 23.0 Å². The largest absolute Gasteiger partial charge is 0.455 e. The number of rotatable bonds is 9. The maximum atomic E-state index is 13.7. The molecule has 4 aromatic carbocycles. The van der Waals surface area contributed by atoms with Gasteiger partial charge >= 0.3 is 0 Å². The highest BCUT2D eigenvalue weighted by Gasteiger charge is 2.26. The Kier molecular flexibility index (Phi) is 8.47. The molecule has 0 aliphatic rings. The van der Waals surface area contributed by atoms with Gasteiger partial charge in [-0.05, 0) is 65.7 Å². The quantitative estimate of drug-likeness (QED) is 0.161. The summed E-state index contributed by atoms with van der Waals surface area (Å²) in [6, 6.07) is 18.5. The zero-order valence-corrected chi connectivity index (χ0v) is 25.1. The van der Waals surface area contributed by atoms with Crippen molar-refractivity contribution in [2.24, 2.45) is 5.11 Å². The predicted molar refractivity (Wildman–Crippen MR) is 166 cm³/mol. The number of benzene rings is 4. The van der Waals surface area contributed by atoms with Gasteiger partial charge in [0.15, 0.2) is 0 Å². The Morgan fingerprint density at radius 1 is 0.911 bits per heavy atom. The van der Waals surface area contributed by atoms with E-state index in [9.17, 15) is 26.8 Å². The van der Waals surface area contributed by atoms with Crippen LogP contribution in [0.1, 0.15) is 26.3 Å². The molecule has 0 saturated heterocycles. The van der Waals surface area contributed by atoms with E-state index in [1.807, 2.05) is 0 Å². The number of carbonyl (C=O) groups is 2. The fourth-order valence-electron chi connectivity index (χ4n) is 4.82. The summed E-state index contributed by atoms with van der Waals surface area (Å²) in [6.45, 7) is 0.0749. The average molecular weight is 632 g/mol. The molecule has 0 fully saturated rings. The first-order chi connectivity index (χ1) is 21.4. The summed E-state index contributed by atoms with van der Waals surface area (Å²) in [4.78, 5) is 26.4. The van der Waals surface area contributed by atoms with E-state index in [-0.39, 0.29) is 40.4 Å². The third kappa shape index (κ3) is 6.29. The lowest BCUT2D eigenvalue weighted by atomic mass is 9.96. The van der Waals surface area contributed by atoms with Crippen molar-refractivity contribution >= 4 is 44.2 Å². The first-order valence-electron chi connectivity index (χ1n) is 13.5. The Morgan fingerprint density at radius 2 is 1.53 bits per heavy atom. The Labute approximate surface area is 257 Å². The second-order valence-electron chi connectivity index (χ2n) is 10.1. The molecular weight excluding hydrogens is 604 g/mol. The van der Waals surface area contributed by atoms with Crippen LogP contribution in [0.25, 0.3) is 33.4 Å². The van der Waals surface area contributed by atoms with Crippen molar-refractivity contribution in [1.82, 2.24) is 10.6 Å². The van der Waals surface area contributed by atoms with Crippen LogP contribution < -0.4 is 14.9 Å². The van der Waals surface area contributed by atoms with Crippen LogP contribution in [-0.4, -0.2) is 40.6 Å². The normalized spacial score (nSPS) is 11.3. The third-order valence-electron chi connectivity index (χ3n) is 7.24. The van der Waals surface area contributed by atoms with Crippen LogP contribution in [0.5, 0.6) is 0 Å². The first-order valence-corrected chi connectivity index (χ1v) is 15.3. The number of sulfonamides is 1. The van der Waals surface area contributed by atoms with Crippen molar-refractivity contribution in [2.45, 2.75) is 6.54 Å². The molecule has 2 amide bonds. The minimum Gasteiger partial charge on any atom is -0.455 e. The average Bonchev–Trinajstić information content (AvgIpc) is 3.41. The lowest BCUT2D eigenvalue weighted by Crippen LogP contribution is -2.25. The van der Waals surface area contributed by atoms with E-state index in [4.69, 9.17) is 9.95 Å². The molecule has 0 aliphatic carbocycles. The predicted octanol–water partition coefficient (Wildman–Crippen LogP) is 6.39. The number of amides is 2. The van der Waals surface area contributed by atoms with Crippen LogP contribution in [0.4, 0.5) is 20.2 Å². The molecule has 5 rings (SSSR count). The number of nitrogens with zero attached hydrogens (tertiary/aromatic N) is 2. The van der Waals surface area contributed by atoms with E-state index in [2.05, 4.69) is 15.7 Å². The lowest BCUT2D eigenvalue weighted by Gasteiger charge is -2.21. The van der Waals surface area contributed by atoms with E-state index in [1.165, 1.54) is 80.8 Å². The smallest absolute Gasteiger partial charge is 0.255 e. The fraction of sp³-hybridized carbons (Fsp3) is 0.125. The van der Waals surface area contributed by atoms with Crippen LogP contribution in [-0.2, 0) is 16.6 Å². The summed E-state index contributed by atoms with van der Waals surface area (Å²) < 4.78 is 59.6. The van der Waals surface area contributed by atoms with Gasteiger partial charge in [0.25, 0.3) is 11.8 Å². The molecule has 0 radical (unpaired) electrons. The number of halogens is 2. The first kappa shape index (κ1) is 31.0. The zero-order valence-electron chi connectivity index (χ0n) is 24.3. The van der Waals surface area contributed by atoms with E-state index in [0.29, 0.717) is 27.6 Å². The number of fused-ring (bicyclic) bond motifs is 1. The van der Waals surface area contributed by atoms with Crippen LogP contribution in [0, 0.1) is 17.2 Å². The zero-order chi connectivity index (χ0) is 32.5. The number of nitrogens with one attached hydrogen (secondary N) is 3. The molecule has 1 heterocycles. The molecule has 230 valence electrons. The van der Waals surface area contributed by atoms with Gasteiger partial charge in [0.05, 0.1) is 28.8 Å². The van der Waals surface area contributed by atoms with Crippen molar-refractivity contribution in [3.63, 3.8) is 0 Å². The van der Waals surface area contributed by atoms with Gasteiger partial charge in [0, 0.05) is 43.2 Å². The van der Waals surface area contributed by atoms with E-state index >= 15 is 0 Å². The minimum absolute atomic E-state index is 0.0309. The minimum atomic E-state index is -3.80. The molecule has 0 saturated carbocycles. The van der Waals surface area contributed by atoms with E-state index in [1.54, 1.807) is 12.1 Å². The molecule has 13 heteroatoms. The number of hydrogen-bond acceptors (Lipinski definition) is 7. The Morgan fingerprint density at radius 3 is 2.13 bits per heavy atom. The van der Waals surface area contributed by atoms with Gasteiger partial charge in [0.2, 0.25) is 10.0 Å². The lowest BCUT2D eigenvalue weighted by molar-refractivity contribution is 0.0947. The molecule has 0 atom stereocenters. The Hall–Kier alpha value is -5.43. The van der Waals surface area contributed by atoms with E-state index < -0.39 is 33.5 Å². The van der Waals surface area contributed by atoms with Crippen molar-refractivity contribution in [3.05, 3.63) is 107 Å². The molecule has 45 heavy (non-hydrogen) atoms. The highest BCUT2D eigenvalue weighted by molar-refractivity contribution is 7.92. The number of carbonyl (C=O) groups excluding carboxylic acids is 2. The Bertz CT molecular complexity index is 2060. The number of anilines is 1. The molecule has 1 aromatic heterocycles. The number of hydrogen-bond donors (Lipinski definition) is 3. The summed E-state index contributed by atoms with van der Waals surface area (Å²) in [7, 11) is -1.00. The van der Waals surface area contributed by atoms with Gasteiger partial charge in [-0.25, -0.2) is 22.7 Å². The van der Waals surface area contributed by atoms with Gasteiger partial charge in [-0.2, -0.15) is 5.11 Å². The second-order valence-corrected chi connectivity index (χ2v) is 12.2. The Balaban J connectivity index is 1.69. The molecule has 10 nitrogen and oxygen atoms in total. The standard InChI is InChI=1S/C32H27F2N5O5S/c1-36-32(41)29-25-15-23(20-8-13-26(38-35)24(14-20)31(40)37-17-18-4-9-21(33)10-5-18)27(39(2)45(3,42)43)16-28(25)44-30(29)19-6-11-22(34)12-7-19/h4-16,35H,17H2,1-3H3,(H,36,41)(H,37,40). The summed E-state index contributed by atoms with van der Waals surface area (Å²) in [6.07, 6.45) is 1.03. The van der Waals surface area contributed by atoms with Crippen LogP contribution in [0.2, 0.25) is 0 Å². The summed E-state index contributed by atoms with van der Waals surface area (Å²) in [5.74, 6) is -1.80. The molecule has 3 N–H and O–H groups in total. The highest BCUT2D eigenvalue weighted by atomic mass is 32.2. The monoisotopic (exact) mass is 631 g/mol. The maximum Gasteiger partial charge on any atom is 0.255 e. The molecular formula is C32H27F2N5O5S. The topological polar surface area (TPSA) is 145 Å². The SMILES string of the molecule is CNC(=O)c1c(-c2ccc(F)cc2)oc2cc(N(C)S(C)(=O)=O)c(-c3ccc(N=N)c(C(=O)NCc4ccc(F)cc4)c3)cc12. The third-order valence-corrected chi connectivity index (χ3v) is 8.43. The summed E-state index contributed by atoms with van der Waals surface area (Å²) in [5, 5.41) is 9.12. The van der Waals surface area contributed by atoms with Gasteiger partial charge < -0.3 is 15.1 Å². The second kappa shape index (κ2) is 12.3. The van der Waals surface area contributed by atoms with Crippen molar-refractivity contribution < 1.29 is 31.2 Å². The van der Waals surface area contributed by atoms with Crippen molar-refractivity contribution in [2.75, 3.05) is 24.7 Å². The van der Waals surface area contributed by atoms with Crippen LogP contribution in [0.15, 0.2) is 88.4 Å². The fourth-order valence-corrected chi connectivity index (χ4v) is 5.33. The van der Waals surface area contributed by atoms with Gasteiger partial charge in [-0.3, -0.25) is 13.9 Å². The van der Waals surface area contributed by atoms with Crippen molar-refractivity contribution in [1.29, 1.82) is 5.53 Å². The molecule has 0 bridgehead atoms. The maximum absolute atomic E-state index is 13.7. The summed E-state index contributed by atoms with van der Waals surface area (Å²) >= 11 is 0. The summed E-state index contributed by atoms with van der Waals surface area (Å²) in [5.41, 5.74) is 9.99. The van der Waals surface area contributed by atoms with Crippen LogP contribution >= 0.6 is 0 Å². The molecule has 0 aliphatic heterocycles. The highest BCUT2D eigenvalue weighted by Crippen LogP contribution is 2.42. The van der Waals surface area contributed by atoms with Crippen LogP contribution in [0.3, 0.4) is 0 Å².